The Morgan fingerprint density at radius 2 is 1.86 bits per heavy atom. The molecule has 0 spiro atoms. The molecule has 1 N–H and O–H groups in total. The Labute approximate surface area is 129 Å². The van der Waals surface area contributed by atoms with Gasteiger partial charge in [-0.15, -0.1) is 0 Å². The van der Waals surface area contributed by atoms with E-state index in [0.29, 0.717) is 5.56 Å². The van der Waals surface area contributed by atoms with E-state index >= 15 is 0 Å². The average molecular weight is 300 g/mol. The first-order valence-corrected chi connectivity index (χ1v) is 7.20. The van der Waals surface area contributed by atoms with Crippen LogP contribution in [0.2, 0.25) is 0 Å². The van der Waals surface area contributed by atoms with Crippen molar-refractivity contribution < 1.29 is 19.3 Å². The second kappa shape index (κ2) is 5.30. The molecule has 4 nitrogen and oxygen atoms in total. The summed E-state index contributed by atoms with van der Waals surface area (Å²) in [4.78, 5) is 0. The van der Waals surface area contributed by atoms with Gasteiger partial charge in [-0.25, -0.2) is 0 Å². The highest BCUT2D eigenvalue weighted by Crippen LogP contribution is 2.44. The van der Waals surface area contributed by atoms with Crippen molar-refractivity contribution in [2.75, 3.05) is 21.3 Å². The van der Waals surface area contributed by atoms with Crippen LogP contribution in [0.5, 0.6) is 5.75 Å². The predicted octanol–water partition coefficient (Wildman–Crippen LogP) is 3.28. The Kier molecular flexibility index (Phi) is 3.59. The molecular formula is C18H20O4. The number of benzene rings is 2. The maximum absolute atomic E-state index is 10.9. The molecule has 0 aliphatic heterocycles. The van der Waals surface area contributed by atoms with Gasteiger partial charge >= 0.3 is 0 Å². The fourth-order valence-electron chi connectivity index (χ4n) is 3.12. The minimum atomic E-state index is -1.37. The summed E-state index contributed by atoms with van der Waals surface area (Å²) in [5.41, 5.74) is 1.53. The van der Waals surface area contributed by atoms with Crippen LogP contribution in [0.3, 0.4) is 0 Å². The van der Waals surface area contributed by atoms with Crippen molar-refractivity contribution in [1.29, 1.82) is 0 Å². The fourth-order valence-corrected chi connectivity index (χ4v) is 3.12. The molecule has 2 atom stereocenters. The average Bonchev–Trinajstić information content (AvgIpc) is 2.56. The summed E-state index contributed by atoms with van der Waals surface area (Å²) in [6.07, 6.45) is 1.88. The van der Waals surface area contributed by atoms with Crippen LogP contribution in [-0.2, 0) is 15.3 Å². The molecule has 2 aromatic carbocycles. The van der Waals surface area contributed by atoms with E-state index in [9.17, 15) is 5.11 Å². The molecule has 116 valence electrons. The van der Waals surface area contributed by atoms with E-state index in [1.807, 2.05) is 43.3 Å². The summed E-state index contributed by atoms with van der Waals surface area (Å²) in [6.45, 7) is 1.90. The van der Waals surface area contributed by atoms with Gasteiger partial charge in [-0.1, -0.05) is 19.1 Å². The van der Waals surface area contributed by atoms with Crippen LogP contribution >= 0.6 is 0 Å². The van der Waals surface area contributed by atoms with E-state index in [-0.39, 0.29) is 5.92 Å². The van der Waals surface area contributed by atoms with Gasteiger partial charge in [0.2, 0.25) is 0 Å². The highest BCUT2D eigenvalue weighted by molar-refractivity contribution is 5.92. The van der Waals surface area contributed by atoms with E-state index in [2.05, 4.69) is 0 Å². The molecule has 0 amide bonds. The smallest absolute Gasteiger partial charge is 0.199 e. The topological polar surface area (TPSA) is 47.9 Å². The second-order valence-corrected chi connectivity index (χ2v) is 5.50. The molecular weight excluding hydrogens is 280 g/mol. The zero-order valence-electron chi connectivity index (χ0n) is 13.2. The Balaban J connectivity index is 2.36. The van der Waals surface area contributed by atoms with Gasteiger partial charge in [0.15, 0.2) is 5.79 Å². The lowest BCUT2D eigenvalue weighted by atomic mass is 9.82. The van der Waals surface area contributed by atoms with E-state index in [0.717, 1.165) is 27.8 Å². The first-order chi connectivity index (χ1) is 10.5. The van der Waals surface area contributed by atoms with Crippen LogP contribution in [0.4, 0.5) is 0 Å². The normalized spacial score (nSPS) is 23.9. The van der Waals surface area contributed by atoms with Crippen molar-refractivity contribution in [2.45, 2.75) is 12.7 Å². The van der Waals surface area contributed by atoms with Crippen molar-refractivity contribution in [3.05, 3.63) is 47.5 Å². The predicted molar refractivity (Wildman–Crippen MR) is 85.6 cm³/mol. The lowest BCUT2D eigenvalue weighted by Crippen LogP contribution is -2.38. The molecule has 1 aliphatic rings. The molecule has 0 fully saturated rings. The first-order valence-electron chi connectivity index (χ1n) is 7.20. The number of fused-ring (bicyclic) bond motifs is 2. The van der Waals surface area contributed by atoms with Crippen LogP contribution in [0.25, 0.3) is 16.5 Å². The molecule has 0 bridgehead atoms. The van der Waals surface area contributed by atoms with Gasteiger partial charge in [0.1, 0.15) is 11.5 Å². The number of hydrogen-bond donors (Lipinski definition) is 1. The number of methoxy groups -OCH3 is 3. The van der Waals surface area contributed by atoms with E-state index in [1.54, 1.807) is 14.2 Å². The summed E-state index contributed by atoms with van der Waals surface area (Å²) in [6, 6.07) is 9.76. The summed E-state index contributed by atoms with van der Waals surface area (Å²) >= 11 is 0. The van der Waals surface area contributed by atoms with E-state index in [1.165, 1.54) is 7.11 Å². The maximum atomic E-state index is 10.9. The second-order valence-electron chi connectivity index (χ2n) is 5.50. The summed E-state index contributed by atoms with van der Waals surface area (Å²) in [5, 5.41) is 12.9. The molecule has 0 aromatic heterocycles. The monoisotopic (exact) mass is 300 g/mol. The SMILES string of the molecule is COC1=CC(C)C(O)(OC)c2cc3cccc(OC)c3cc21. The number of aliphatic hydroxyl groups is 1. The summed E-state index contributed by atoms with van der Waals surface area (Å²) in [7, 11) is 4.79. The van der Waals surface area contributed by atoms with Crippen molar-refractivity contribution in [3.63, 3.8) is 0 Å². The van der Waals surface area contributed by atoms with Crippen LogP contribution < -0.4 is 4.74 Å². The van der Waals surface area contributed by atoms with E-state index < -0.39 is 5.79 Å². The van der Waals surface area contributed by atoms with Crippen molar-refractivity contribution in [3.8, 4) is 5.75 Å². The van der Waals surface area contributed by atoms with Gasteiger partial charge in [0, 0.05) is 29.5 Å². The number of ether oxygens (including phenoxy) is 3. The Hall–Kier alpha value is -2.04. The standard InChI is InChI=1S/C18H20O4/c1-11-8-17(21-3)14-10-13-12(6-5-7-16(13)20-2)9-15(14)18(11,19)22-4/h5-11,19H,1-4H3. The highest BCUT2D eigenvalue weighted by atomic mass is 16.6. The number of hydrogen-bond acceptors (Lipinski definition) is 4. The molecule has 1 aliphatic carbocycles. The van der Waals surface area contributed by atoms with Gasteiger partial charge in [0.05, 0.1) is 14.2 Å². The van der Waals surface area contributed by atoms with Gasteiger partial charge in [-0.2, -0.15) is 0 Å². The Morgan fingerprint density at radius 3 is 2.50 bits per heavy atom. The van der Waals surface area contributed by atoms with E-state index in [4.69, 9.17) is 14.2 Å². The molecule has 2 aromatic rings. The van der Waals surface area contributed by atoms with Gasteiger partial charge in [-0.3, -0.25) is 0 Å². The summed E-state index contributed by atoms with van der Waals surface area (Å²) in [5.74, 6) is -0.0652. The van der Waals surface area contributed by atoms with Gasteiger partial charge < -0.3 is 19.3 Å². The maximum Gasteiger partial charge on any atom is 0.199 e. The largest absolute Gasteiger partial charge is 0.496 e. The highest BCUT2D eigenvalue weighted by Gasteiger charge is 2.41. The lowest BCUT2D eigenvalue weighted by molar-refractivity contribution is -0.218. The van der Waals surface area contributed by atoms with Gasteiger partial charge in [0.25, 0.3) is 0 Å². The van der Waals surface area contributed by atoms with Crippen LogP contribution in [0.15, 0.2) is 36.4 Å². The summed E-state index contributed by atoms with van der Waals surface area (Å²) < 4.78 is 16.4. The van der Waals surface area contributed by atoms with Crippen molar-refractivity contribution in [1.82, 2.24) is 0 Å². The molecule has 0 saturated carbocycles. The molecule has 0 heterocycles. The molecule has 4 heteroatoms. The van der Waals surface area contributed by atoms with Crippen LogP contribution in [0, 0.1) is 5.92 Å². The fraction of sp³-hybridized carbons (Fsp3) is 0.333. The first kappa shape index (κ1) is 14.9. The third-order valence-corrected chi connectivity index (χ3v) is 4.40. The van der Waals surface area contributed by atoms with Crippen molar-refractivity contribution in [2.24, 2.45) is 5.92 Å². The Morgan fingerprint density at radius 1 is 1.09 bits per heavy atom. The molecule has 2 unspecified atom stereocenters. The zero-order valence-corrected chi connectivity index (χ0v) is 13.2. The minimum absolute atomic E-state index is 0.219. The Bertz CT molecular complexity index is 750. The van der Waals surface area contributed by atoms with Gasteiger partial charge in [-0.05, 0) is 29.7 Å². The lowest BCUT2D eigenvalue weighted by Gasteiger charge is -2.37. The molecule has 0 saturated heterocycles. The molecule has 3 rings (SSSR count). The third-order valence-electron chi connectivity index (χ3n) is 4.40. The third kappa shape index (κ3) is 1.99. The van der Waals surface area contributed by atoms with Crippen molar-refractivity contribution >= 4 is 16.5 Å². The van der Waals surface area contributed by atoms with Crippen LogP contribution in [-0.4, -0.2) is 26.4 Å². The van der Waals surface area contributed by atoms with Crippen LogP contribution in [0.1, 0.15) is 18.1 Å². The quantitative estimate of drug-likeness (QED) is 0.884. The number of rotatable bonds is 3. The molecule has 22 heavy (non-hydrogen) atoms. The molecule has 0 radical (unpaired) electrons. The zero-order chi connectivity index (χ0) is 15.9. The minimum Gasteiger partial charge on any atom is -0.496 e.